The summed E-state index contributed by atoms with van der Waals surface area (Å²) < 4.78 is 0.996. The molecule has 1 aromatic heterocycles. The molecule has 30 heavy (non-hydrogen) atoms. The Bertz CT molecular complexity index is 1040. The zero-order valence-electron chi connectivity index (χ0n) is 17.5. The fourth-order valence-corrected chi connectivity index (χ4v) is 4.69. The monoisotopic (exact) mass is 436 g/mol. The molecule has 8 heteroatoms. The highest BCUT2D eigenvalue weighted by Crippen LogP contribution is 2.29. The van der Waals surface area contributed by atoms with Crippen molar-refractivity contribution in [2.75, 3.05) is 22.9 Å². The van der Waals surface area contributed by atoms with E-state index in [1.165, 1.54) is 34.0 Å². The van der Waals surface area contributed by atoms with Crippen molar-refractivity contribution >= 4 is 51.2 Å². The van der Waals surface area contributed by atoms with Crippen molar-refractivity contribution in [2.45, 2.75) is 32.9 Å². The highest BCUT2D eigenvalue weighted by atomic mass is 32.2. The van der Waals surface area contributed by atoms with Crippen LogP contribution < -0.4 is 10.6 Å². The molecule has 0 saturated carbocycles. The van der Waals surface area contributed by atoms with Crippen LogP contribution in [0, 0.1) is 27.7 Å². The van der Waals surface area contributed by atoms with Crippen LogP contribution in [0.25, 0.3) is 0 Å². The molecule has 3 aromatic rings. The van der Waals surface area contributed by atoms with Crippen LogP contribution in [0.3, 0.4) is 0 Å². The van der Waals surface area contributed by atoms with Crippen molar-refractivity contribution in [3.05, 3.63) is 58.7 Å². The van der Waals surface area contributed by atoms with Crippen LogP contribution in [0.2, 0.25) is 0 Å². The lowest BCUT2D eigenvalue weighted by Crippen LogP contribution is -2.06. The van der Waals surface area contributed by atoms with Crippen LogP contribution in [-0.4, -0.2) is 31.6 Å². The largest absolute Gasteiger partial charge is 0.324 e. The molecular weight excluding hydrogens is 412 g/mol. The highest BCUT2D eigenvalue weighted by molar-refractivity contribution is 8.39. The second-order valence-electron chi connectivity index (χ2n) is 7.21. The molecule has 0 unspecified atom stereocenters. The molecular formula is C22H24N6S2. The molecule has 0 saturated heterocycles. The predicted molar refractivity (Wildman–Crippen MR) is 129 cm³/mol. The number of thioether (sulfide) groups is 2. The lowest BCUT2D eigenvalue weighted by molar-refractivity contribution is 0.924. The van der Waals surface area contributed by atoms with Crippen LogP contribution in [0.5, 0.6) is 0 Å². The predicted octanol–water partition coefficient (Wildman–Crippen LogP) is 5.79. The summed E-state index contributed by atoms with van der Waals surface area (Å²) in [5.74, 6) is 2.02. The van der Waals surface area contributed by atoms with Crippen LogP contribution in [0.15, 0.2) is 46.5 Å². The summed E-state index contributed by atoms with van der Waals surface area (Å²) in [4.78, 5) is 18.3. The summed E-state index contributed by atoms with van der Waals surface area (Å²) in [6, 6.07) is 12.4. The molecule has 2 aromatic carbocycles. The van der Waals surface area contributed by atoms with Crippen LogP contribution in [0.4, 0.5) is 23.3 Å². The van der Waals surface area contributed by atoms with Crippen molar-refractivity contribution in [1.82, 2.24) is 15.0 Å². The Morgan fingerprint density at radius 1 is 0.767 bits per heavy atom. The molecule has 2 heterocycles. The van der Waals surface area contributed by atoms with Gasteiger partial charge in [-0.15, -0.1) is 0 Å². The molecule has 0 atom stereocenters. The molecule has 0 bridgehead atoms. The van der Waals surface area contributed by atoms with Crippen molar-refractivity contribution in [2.24, 2.45) is 4.99 Å². The maximum absolute atomic E-state index is 4.61. The van der Waals surface area contributed by atoms with E-state index in [1.807, 2.05) is 12.1 Å². The van der Waals surface area contributed by atoms with Crippen molar-refractivity contribution in [3.63, 3.8) is 0 Å². The summed E-state index contributed by atoms with van der Waals surface area (Å²) in [5.41, 5.74) is 6.83. The molecule has 6 nitrogen and oxygen atoms in total. The van der Waals surface area contributed by atoms with Gasteiger partial charge in [-0.05, 0) is 86.0 Å². The Kier molecular flexibility index (Phi) is 6.24. The van der Waals surface area contributed by atoms with E-state index >= 15 is 0 Å². The number of benzene rings is 2. The van der Waals surface area contributed by atoms with Crippen LogP contribution >= 0.6 is 23.5 Å². The first-order valence-corrected chi connectivity index (χ1v) is 11.6. The summed E-state index contributed by atoms with van der Waals surface area (Å²) in [6.45, 7) is 9.24. The standard InChI is InChI=1S/C22H24N6S2/c1-13-5-7-17(11-15(13)3)24-19-26-20(25-18-8-6-14(2)16(4)12-18)28-21(27-19)30-22-23-9-10-29-22/h5-8,11-12H,9-10H2,1-4H3,(H2,24,25,26,27,28). The van der Waals surface area contributed by atoms with E-state index in [9.17, 15) is 0 Å². The molecule has 0 radical (unpaired) electrons. The van der Waals surface area contributed by atoms with E-state index in [0.717, 1.165) is 28.0 Å². The number of aliphatic imine (C=N–C) groups is 1. The molecule has 0 aliphatic carbocycles. The second-order valence-corrected chi connectivity index (χ2v) is 9.51. The minimum atomic E-state index is 0.505. The minimum absolute atomic E-state index is 0.505. The van der Waals surface area contributed by atoms with E-state index in [4.69, 9.17) is 0 Å². The van der Waals surface area contributed by atoms with Crippen molar-refractivity contribution in [3.8, 4) is 0 Å². The van der Waals surface area contributed by atoms with Crippen molar-refractivity contribution in [1.29, 1.82) is 0 Å². The maximum Gasteiger partial charge on any atom is 0.233 e. The van der Waals surface area contributed by atoms with E-state index in [-0.39, 0.29) is 0 Å². The molecule has 0 amide bonds. The first-order chi connectivity index (χ1) is 14.5. The molecule has 2 N–H and O–H groups in total. The SMILES string of the molecule is Cc1ccc(Nc2nc(Nc3ccc(C)c(C)c3)nc(SC3=NCCS3)n2)cc1C. The Hall–Kier alpha value is -2.58. The van der Waals surface area contributed by atoms with Gasteiger partial charge in [0.25, 0.3) is 0 Å². The topological polar surface area (TPSA) is 75.1 Å². The van der Waals surface area contributed by atoms with Gasteiger partial charge >= 0.3 is 0 Å². The van der Waals surface area contributed by atoms with Gasteiger partial charge in [0.2, 0.25) is 17.1 Å². The van der Waals surface area contributed by atoms with Gasteiger partial charge < -0.3 is 10.6 Å². The number of nitrogens with zero attached hydrogens (tertiary/aromatic N) is 4. The van der Waals surface area contributed by atoms with Gasteiger partial charge in [-0.3, -0.25) is 4.99 Å². The van der Waals surface area contributed by atoms with Gasteiger partial charge in [-0.25, -0.2) is 0 Å². The number of aromatic nitrogens is 3. The number of anilines is 4. The quantitative estimate of drug-likeness (QED) is 0.524. The van der Waals surface area contributed by atoms with E-state index in [1.54, 1.807) is 11.8 Å². The lowest BCUT2D eigenvalue weighted by atomic mass is 10.1. The van der Waals surface area contributed by atoms with Gasteiger partial charge in [-0.2, -0.15) is 15.0 Å². The van der Waals surface area contributed by atoms with Gasteiger partial charge in [0.15, 0.2) is 0 Å². The molecule has 4 rings (SSSR count). The Balaban J connectivity index is 1.64. The zero-order valence-corrected chi connectivity index (χ0v) is 19.1. The third kappa shape index (κ3) is 5.12. The lowest BCUT2D eigenvalue weighted by Gasteiger charge is -2.12. The number of nitrogens with one attached hydrogen (secondary N) is 2. The molecule has 1 aliphatic rings. The molecule has 154 valence electrons. The van der Waals surface area contributed by atoms with Crippen LogP contribution in [-0.2, 0) is 0 Å². The average Bonchev–Trinajstić information content (AvgIpc) is 3.20. The number of hydrogen-bond donors (Lipinski definition) is 2. The summed E-state index contributed by atoms with van der Waals surface area (Å²) in [5, 5.41) is 7.26. The van der Waals surface area contributed by atoms with Gasteiger partial charge in [0.1, 0.15) is 4.38 Å². The van der Waals surface area contributed by atoms with Gasteiger partial charge in [0.05, 0.1) is 6.54 Å². The van der Waals surface area contributed by atoms with Gasteiger partial charge in [0, 0.05) is 17.1 Å². The zero-order chi connectivity index (χ0) is 21.1. The van der Waals surface area contributed by atoms with E-state index < -0.39 is 0 Å². The first kappa shape index (κ1) is 20.7. The normalized spacial score (nSPS) is 13.3. The van der Waals surface area contributed by atoms with Gasteiger partial charge in [-0.1, -0.05) is 23.9 Å². The number of rotatable bonds is 5. The number of aryl methyl sites for hydroxylation is 4. The Labute approximate surface area is 185 Å². The smallest absolute Gasteiger partial charge is 0.233 e. The van der Waals surface area contributed by atoms with E-state index in [2.05, 4.69) is 82.5 Å². The molecule has 0 spiro atoms. The third-order valence-electron chi connectivity index (χ3n) is 4.88. The second kappa shape index (κ2) is 9.06. The fourth-order valence-electron chi connectivity index (χ4n) is 2.87. The maximum atomic E-state index is 4.61. The molecule has 0 fully saturated rings. The summed E-state index contributed by atoms with van der Waals surface area (Å²) in [6.07, 6.45) is 0. The number of hydrogen-bond acceptors (Lipinski definition) is 8. The fraction of sp³-hybridized carbons (Fsp3) is 0.273. The summed E-state index contributed by atoms with van der Waals surface area (Å²) >= 11 is 3.22. The average molecular weight is 437 g/mol. The highest BCUT2D eigenvalue weighted by Gasteiger charge is 2.14. The van der Waals surface area contributed by atoms with Crippen molar-refractivity contribution < 1.29 is 0 Å². The first-order valence-electron chi connectivity index (χ1n) is 9.76. The molecule has 1 aliphatic heterocycles. The van der Waals surface area contributed by atoms with Crippen LogP contribution in [0.1, 0.15) is 22.3 Å². The Morgan fingerprint density at radius 3 is 1.80 bits per heavy atom. The summed E-state index contributed by atoms with van der Waals surface area (Å²) in [7, 11) is 0. The van der Waals surface area contributed by atoms with E-state index in [0.29, 0.717) is 17.1 Å². The third-order valence-corrected chi connectivity index (χ3v) is 6.91. The minimum Gasteiger partial charge on any atom is -0.324 e. The Morgan fingerprint density at radius 2 is 1.33 bits per heavy atom.